The summed E-state index contributed by atoms with van der Waals surface area (Å²) >= 11 is 0. The Morgan fingerprint density at radius 1 is 1.31 bits per heavy atom. The molecule has 4 heterocycles. The van der Waals surface area contributed by atoms with Crippen molar-refractivity contribution in [2.24, 2.45) is 0 Å². The van der Waals surface area contributed by atoms with Crippen LogP contribution in [0.1, 0.15) is 16.8 Å². The molecule has 3 aliphatic rings. The number of hydrogen-bond acceptors (Lipinski definition) is 7. The minimum Gasteiger partial charge on any atom is -0.497 e. The molecule has 3 amide bonds. The van der Waals surface area contributed by atoms with Gasteiger partial charge < -0.3 is 4.74 Å². The number of aryl methyl sites for hydroxylation is 1. The normalized spacial score (nSPS) is 28.0. The number of nitriles is 1. The second-order valence-corrected chi connectivity index (χ2v) is 8.56. The molecular formula is C23H22N5O4+. The number of ether oxygens (including phenoxy) is 1. The van der Waals surface area contributed by atoms with Gasteiger partial charge in [-0.25, -0.2) is 19.2 Å². The quantitative estimate of drug-likeness (QED) is 0.519. The van der Waals surface area contributed by atoms with Crippen LogP contribution in [0.4, 0.5) is 10.5 Å². The van der Waals surface area contributed by atoms with Crippen LogP contribution in [0, 0.1) is 18.3 Å². The average Bonchev–Trinajstić information content (AvgIpc) is 3.42. The summed E-state index contributed by atoms with van der Waals surface area (Å²) in [4.78, 5) is 47.6. The molecule has 0 N–H and O–H groups in total. The number of quaternary nitrogens is 1. The summed E-state index contributed by atoms with van der Waals surface area (Å²) in [5, 5.41) is 9.13. The maximum Gasteiger partial charge on any atom is 0.433 e. The van der Waals surface area contributed by atoms with Crippen LogP contribution in [0.3, 0.4) is 0 Å². The van der Waals surface area contributed by atoms with E-state index in [1.165, 1.54) is 6.20 Å². The topological polar surface area (TPSA) is 104 Å². The predicted molar refractivity (Wildman–Crippen MR) is 113 cm³/mol. The van der Waals surface area contributed by atoms with Gasteiger partial charge in [-0.2, -0.15) is 10.2 Å². The molecule has 3 aliphatic heterocycles. The first-order chi connectivity index (χ1) is 15.4. The van der Waals surface area contributed by atoms with Crippen LogP contribution in [0.15, 0.2) is 36.5 Å². The number of methoxy groups -OCH3 is 1. The molecule has 5 rings (SSSR count). The van der Waals surface area contributed by atoms with Crippen molar-refractivity contribution in [3.05, 3.63) is 53.3 Å². The molecule has 0 saturated carbocycles. The van der Waals surface area contributed by atoms with Crippen molar-refractivity contribution < 1.29 is 23.6 Å². The molecule has 2 bridgehead atoms. The molecule has 9 nitrogen and oxygen atoms in total. The number of fused-ring (bicyclic) bond motifs is 1. The number of aromatic nitrogens is 1. The van der Waals surface area contributed by atoms with Crippen LogP contribution in [0.5, 0.6) is 5.75 Å². The highest BCUT2D eigenvalue weighted by Gasteiger charge is 2.73. The molecule has 1 spiro atoms. The van der Waals surface area contributed by atoms with Gasteiger partial charge in [-0.05, 0) is 36.2 Å². The largest absolute Gasteiger partial charge is 0.497 e. The first kappa shape index (κ1) is 20.3. The predicted octanol–water partition coefficient (Wildman–Crippen LogP) is 1.39. The lowest BCUT2D eigenvalue weighted by atomic mass is 9.99. The average molecular weight is 432 g/mol. The molecule has 1 aromatic heterocycles. The highest BCUT2D eigenvalue weighted by Crippen LogP contribution is 2.43. The van der Waals surface area contributed by atoms with Crippen molar-refractivity contribution in [1.82, 2.24) is 9.88 Å². The zero-order chi connectivity index (χ0) is 22.6. The first-order valence-corrected chi connectivity index (χ1v) is 10.4. The Labute approximate surface area is 185 Å². The minimum absolute atomic E-state index is 0.0670. The number of urea groups is 1. The molecule has 32 heavy (non-hydrogen) atoms. The highest BCUT2D eigenvalue weighted by atomic mass is 16.5. The van der Waals surface area contributed by atoms with E-state index in [1.54, 1.807) is 20.1 Å². The van der Waals surface area contributed by atoms with Crippen LogP contribution in [0.25, 0.3) is 0 Å². The summed E-state index contributed by atoms with van der Waals surface area (Å²) < 4.78 is 5.06. The molecule has 2 aromatic rings. The molecule has 4 atom stereocenters. The van der Waals surface area contributed by atoms with E-state index in [2.05, 4.69) is 4.98 Å². The number of piperazine rings is 1. The van der Waals surface area contributed by atoms with Gasteiger partial charge in [-0.15, -0.1) is 0 Å². The molecule has 1 aromatic carbocycles. The number of amides is 3. The molecule has 4 unspecified atom stereocenters. The summed E-state index contributed by atoms with van der Waals surface area (Å²) in [7, 11) is 1.57. The number of carbonyl (C=O) groups is 3. The monoisotopic (exact) mass is 432 g/mol. The molecule has 3 fully saturated rings. The van der Waals surface area contributed by atoms with E-state index in [9.17, 15) is 14.4 Å². The number of benzene rings is 1. The lowest BCUT2D eigenvalue weighted by Gasteiger charge is -2.32. The Kier molecular flexibility index (Phi) is 4.58. The van der Waals surface area contributed by atoms with Gasteiger partial charge >= 0.3 is 6.03 Å². The van der Waals surface area contributed by atoms with Crippen molar-refractivity contribution in [3.8, 4) is 11.8 Å². The zero-order valence-corrected chi connectivity index (χ0v) is 17.8. The summed E-state index contributed by atoms with van der Waals surface area (Å²) in [6.45, 7) is 2.97. The van der Waals surface area contributed by atoms with Gasteiger partial charge in [-0.1, -0.05) is 12.1 Å². The van der Waals surface area contributed by atoms with Crippen LogP contribution >= 0.6 is 0 Å². The standard InChI is InChI=1S/C23H22N5O4/c1-14-6-16(10-25-18(14)9-24)27-22(30)20-12-26-11-19(28(20,13-26)23(27)31)21(29)8-15-4-3-5-17(7-15)32-2/h3-7,10,19-20H,8,11-13H2,1-2H3/q+1. The third-order valence-corrected chi connectivity index (χ3v) is 6.77. The number of pyridine rings is 1. The maximum absolute atomic E-state index is 13.7. The maximum atomic E-state index is 13.7. The van der Waals surface area contributed by atoms with Crippen molar-refractivity contribution in [2.45, 2.75) is 25.4 Å². The zero-order valence-electron chi connectivity index (χ0n) is 17.8. The van der Waals surface area contributed by atoms with Gasteiger partial charge in [0.25, 0.3) is 5.91 Å². The lowest BCUT2D eigenvalue weighted by Crippen LogP contribution is -2.62. The number of rotatable bonds is 5. The van der Waals surface area contributed by atoms with Crippen molar-refractivity contribution in [2.75, 3.05) is 31.8 Å². The number of nitrogens with zero attached hydrogens (tertiary/aromatic N) is 5. The van der Waals surface area contributed by atoms with E-state index in [0.29, 0.717) is 36.8 Å². The Morgan fingerprint density at radius 2 is 2.12 bits per heavy atom. The number of ketones is 1. The van der Waals surface area contributed by atoms with Gasteiger partial charge in [0.2, 0.25) is 0 Å². The fraction of sp³-hybridized carbons (Fsp3) is 0.348. The second-order valence-electron chi connectivity index (χ2n) is 8.56. The number of hydrogen-bond donors (Lipinski definition) is 0. The van der Waals surface area contributed by atoms with E-state index in [0.717, 1.165) is 10.5 Å². The minimum atomic E-state index is -0.605. The summed E-state index contributed by atoms with van der Waals surface area (Å²) in [6.07, 6.45) is 1.55. The van der Waals surface area contributed by atoms with E-state index in [-0.39, 0.29) is 28.3 Å². The summed E-state index contributed by atoms with van der Waals surface area (Å²) in [5.74, 6) is 0.282. The van der Waals surface area contributed by atoms with Crippen LogP contribution < -0.4 is 9.64 Å². The smallest absolute Gasteiger partial charge is 0.433 e. The van der Waals surface area contributed by atoms with Crippen molar-refractivity contribution >= 4 is 23.4 Å². The van der Waals surface area contributed by atoms with Gasteiger partial charge in [0.15, 0.2) is 17.9 Å². The van der Waals surface area contributed by atoms with Crippen LogP contribution in [0.2, 0.25) is 0 Å². The number of Topliss-reactive ketones (excluding diaryl/α,β-unsaturated/α-hetero) is 1. The van der Waals surface area contributed by atoms with Gasteiger partial charge in [0.05, 0.1) is 32.1 Å². The Morgan fingerprint density at radius 3 is 2.84 bits per heavy atom. The third kappa shape index (κ3) is 2.77. The van der Waals surface area contributed by atoms with Crippen molar-refractivity contribution in [3.63, 3.8) is 0 Å². The Bertz CT molecular complexity index is 1210. The molecule has 0 radical (unpaired) electrons. The molecule has 3 saturated heterocycles. The van der Waals surface area contributed by atoms with Crippen LogP contribution in [-0.4, -0.2) is 71.0 Å². The third-order valence-electron chi connectivity index (χ3n) is 6.77. The molecule has 9 heteroatoms. The molecule has 0 aliphatic carbocycles. The van der Waals surface area contributed by atoms with E-state index in [1.807, 2.05) is 35.2 Å². The molecule has 162 valence electrons. The Hall–Kier alpha value is -3.61. The van der Waals surface area contributed by atoms with E-state index in [4.69, 9.17) is 10.00 Å². The van der Waals surface area contributed by atoms with Gasteiger partial charge in [0, 0.05) is 6.42 Å². The number of anilines is 1. The van der Waals surface area contributed by atoms with E-state index >= 15 is 0 Å². The second kappa shape index (κ2) is 7.22. The lowest BCUT2D eigenvalue weighted by molar-refractivity contribution is -0.852. The number of imide groups is 1. The molecular weight excluding hydrogens is 410 g/mol. The highest BCUT2D eigenvalue weighted by molar-refractivity contribution is 6.18. The van der Waals surface area contributed by atoms with Gasteiger partial charge in [-0.3, -0.25) is 9.59 Å². The first-order valence-electron chi connectivity index (χ1n) is 10.4. The fourth-order valence-electron chi connectivity index (χ4n) is 5.24. The van der Waals surface area contributed by atoms with E-state index < -0.39 is 18.1 Å². The Balaban J connectivity index is 1.47. The summed E-state index contributed by atoms with van der Waals surface area (Å²) in [6, 6.07) is 9.32. The van der Waals surface area contributed by atoms with Crippen molar-refractivity contribution in [1.29, 1.82) is 5.26 Å². The van der Waals surface area contributed by atoms with Crippen LogP contribution in [-0.2, 0) is 16.0 Å². The fourth-order valence-corrected chi connectivity index (χ4v) is 5.24. The van der Waals surface area contributed by atoms with Gasteiger partial charge in [0.1, 0.15) is 24.2 Å². The number of carbonyl (C=O) groups excluding carboxylic acids is 3. The SMILES string of the molecule is COc1cccc(CC(=O)C2CN3CC4C(=O)N(c5cnc(C#N)c(C)c5)C(=O)[N+]24C3)c1. The summed E-state index contributed by atoms with van der Waals surface area (Å²) in [5.41, 5.74) is 1.99.